The van der Waals surface area contributed by atoms with Crippen molar-refractivity contribution < 1.29 is 10.2 Å². The van der Waals surface area contributed by atoms with E-state index in [4.69, 9.17) is 10.2 Å². The zero-order valence-corrected chi connectivity index (χ0v) is 7.59. The molecule has 0 radical (unpaired) electrons. The number of rotatable bonds is 4. The molecule has 2 N–H and O–H groups in total. The molecule has 0 unspecified atom stereocenters. The van der Waals surface area contributed by atoms with Crippen molar-refractivity contribution in [1.29, 1.82) is 0 Å². The molecule has 0 aliphatic rings. The van der Waals surface area contributed by atoms with Crippen LogP contribution in [0.25, 0.3) is 0 Å². The second-order valence-corrected chi connectivity index (χ2v) is 2.73. The monoisotopic (exact) mass is 182 g/mol. The van der Waals surface area contributed by atoms with Gasteiger partial charge in [-0.3, -0.25) is 0 Å². The largest absolute Gasteiger partial charge is 0.351 e. The van der Waals surface area contributed by atoms with Gasteiger partial charge in [-0.1, -0.05) is 13.0 Å². The zero-order valence-electron chi connectivity index (χ0n) is 7.59. The fourth-order valence-corrected chi connectivity index (χ4v) is 1.11. The normalized spacial score (nSPS) is 10.5. The summed E-state index contributed by atoms with van der Waals surface area (Å²) in [6.07, 6.45) is 0.990. The van der Waals surface area contributed by atoms with E-state index in [2.05, 4.69) is 4.98 Å². The summed E-state index contributed by atoms with van der Waals surface area (Å²) in [6, 6.07) is 5.35. The van der Waals surface area contributed by atoms with E-state index < -0.39 is 6.41 Å². The summed E-state index contributed by atoms with van der Waals surface area (Å²) < 4.78 is 0. The lowest BCUT2D eigenvalue weighted by Gasteiger charge is -2.24. The lowest BCUT2D eigenvalue weighted by molar-refractivity contribution is -0.0413. The summed E-state index contributed by atoms with van der Waals surface area (Å²) in [7, 11) is 0. The van der Waals surface area contributed by atoms with Crippen LogP contribution in [0.15, 0.2) is 24.4 Å². The highest BCUT2D eigenvalue weighted by molar-refractivity contribution is 5.37. The number of aromatic nitrogens is 1. The van der Waals surface area contributed by atoms with Crippen LogP contribution in [0.1, 0.15) is 13.3 Å². The molecule has 0 atom stereocenters. The molecule has 1 aromatic rings. The molecule has 1 heterocycles. The molecule has 0 spiro atoms. The van der Waals surface area contributed by atoms with Crippen molar-refractivity contribution in [3.63, 3.8) is 0 Å². The van der Waals surface area contributed by atoms with Crippen molar-refractivity contribution in [1.82, 2.24) is 4.98 Å². The van der Waals surface area contributed by atoms with Gasteiger partial charge in [0.15, 0.2) is 0 Å². The molecule has 72 valence electrons. The van der Waals surface area contributed by atoms with Crippen LogP contribution in [0.3, 0.4) is 0 Å². The van der Waals surface area contributed by atoms with E-state index in [0.717, 1.165) is 6.42 Å². The SMILES string of the molecule is CCCN(c1ccccn1)C(O)O. The number of hydrogen-bond acceptors (Lipinski definition) is 4. The standard InChI is InChI=1S/C9H14N2O2/c1-2-7-11(9(12)13)8-5-3-4-6-10-8/h3-6,9,12-13H,2,7H2,1H3. The van der Waals surface area contributed by atoms with E-state index in [1.807, 2.05) is 13.0 Å². The minimum absolute atomic E-state index is 0.578. The summed E-state index contributed by atoms with van der Waals surface area (Å²) in [4.78, 5) is 5.46. The maximum atomic E-state index is 9.04. The Morgan fingerprint density at radius 1 is 1.46 bits per heavy atom. The van der Waals surface area contributed by atoms with E-state index >= 15 is 0 Å². The third kappa shape index (κ3) is 2.68. The van der Waals surface area contributed by atoms with Crippen LogP contribution in [0.4, 0.5) is 5.82 Å². The highest BCUT2D eigenvalue weighted by atomic mass is 16.5. The van der Waals surface area contributed by atoms with Crippen LogP contribution in [-0.4, -0.2) is 28.2 Å². The van der Waals surface area contributed by atoms with E-state index in [-0.39, 0.29) is 0 Å². The third-order valence-corrected chi connectivity index (χ3v) is 1.69. The first-order chi connectivity index (χ1) is 6.25. The van der Waals surface area contributed by atoms with Crippen molar-refractivity contribution in [2.24, 2.45) is 0 Å². The number of nitrogens with zero attached hydrogens (tertiary/aromatic N) is 2. The Morgan fingerprint density at radius 3 is 2.69 bits per heavy atom. The average Bonchev–Trinajstić information content (AvgIpc) is 2.15. The van der Waals surface area contributed by atoms with Crippen LogP contribution in [0.5, 0.6) is 0 Å². The number of pyridine rings is 1. The number of aliphatic hydroxyl groups is 2. The van der Waals surface area contributed by atoms with Crippen LogP contribution in [-0.2, 0) is 0 Å². The first kappa shape index (κ1) is 9.95. The summed E-state index contributed by atoms with van der Waals surface area (Å²) in [5.41, 5.74) is 0. The Balaban J connectivity index is 2.76. The maximum absolute atomic E-state index is 9.04. The Kier molecular flexibility index (Phi) is 3.67. The van der Waals surface area contributed by atoms with Crippen LogP contribution in [0.2, 0.25) is 0 Å². The fraction of sp³-hybridized carbons (Fsp3) is 0.444. The second kappa shape index (κ2) is 4.79. The molecule has 0 bridgehead atoms. The number of hydrogen-bond donors (Lipinski definition) is 2. The first-order valence-electron chi connectivity index (χ1n) is 4.29. The zero-order chi connectivity index (χ0) is 9.68. The van der Waals surface area contributed by atoms with Crippen LogP contribution in [0, 0.1) is 0 Å². The molecule has 13 heavy (non-hydrogen) atoms. The lowest BCUT2D eigenvalue weighted by atomic mass is 10.4. The Morgan fingerprint density at radius 2 is 2.23 bits per heavy atom. The summed E-state index contributed by atoms with van der Waals surface area (Å²) in [5, 5.41) is 18.1. The minimum Gasteiger partial charge on any atom is -0.351 e. The molecule has 4 heteroatoms. The van der Waals surface area contributed by atoms with Gasteiger partial charge in [0.2, 0.25) is 6.41 Å². The second-order valence-electron chi connectivity index (χ2n) is 2.73. The molecule has 0 amide bonds. The molecule has 0 aromatic carbocycles. The summed E-state index contributed by atoms with van der Waals surface area (Å²) in [5.74, 6) is 0.583. The van der Waals surface area contributed by atoms with E-state index in [1.165, 1.54) is 4.90 Å². The molecule has 0 aliphatic carbocycles. The number of aliphatic hydroxyl groups excluding tert-OH is 1. The molecule has 0 saturated heterocycles. The Bertz CT molecular complexity index is 239. The topological polar surface area (TPSA) is 56.6 Å². The van der Waals surface area contributed by atoms with Gasteiger partial charge in [-0.2, -0.15) is 0 Å². The first-order valence-corrected chi connectivity index (χ1v) is 4.29. The molecule has 0 aliphatic heterocycles. The molecule has 1 aromatic heterocycles. The molecular formula is C9H14N2O2. The van der Waals surface area contributed by atoms with Crippen molar-refractivity contribution in [2.45, 2.75) is 19.8 Å². The highest BCUT2D eigenvalue weighted by Crippen LogP contribution is 2.10. The summed E-state index contributed by atoms with van der Waals surface area (Å²) in [6.45, 7) is 2.55. The van der Waals surface area contributed by atoms with Gasteiger partial charge in [-0.15, -0.1) is 0 Å². The molecule has 4 nitrogen and oxygen atoms in total. The maximum Gasteiger partial charge on any atom is 0.236 e. The van der Waals surface area contributed by atoms with Gasteiger partial charge in [-0.25, -0.2) is 4.98 Å². The van der Waals surface area contributed by atoms with E-state index in [9.17, 15) is 0 Å². The van der Waals surface area contributed by atoms with Gasteiger partial charge in [0.1, 0.15) is 5.82 Å². The van der Waals surface area contributed by atoms with Gasteiger partial charge >= 0.3 is 0 Å². The quantitative estimate of drug-likeness (QED) is 0.668. The van der Waals surface area contributed by atoms with E-state index in [1.54, 1.807) is 18.3 Å². The molecule has 0 saturated carbocycles. The fourth-order valence-electron chi connectivity index (χ4n) is 1.11. The average molecular weight is 182 g/mol. The van der Waals surface area contributed by atoms with Crippen molar-refractivity contribution in [3.05, 3.63) is 24.4 Å². The third-order valence-electron chi connectivity index (χ3n) is 1.69. The summed E-state index contributed by atoms with van der Waals surface area (Å²) >= 11 is 0. The van der Waals surface area contributed by atoms with Crippen molar-refractivity contribution in [3.8, 4) is 0 Å². The minimum atomic E-state index is -1.48. The molecule has 1 rings (SSSR count). The van der Waals surface area contributed by atoms with Crippen LogP contribution < -0.4 is 4.90 Å². The lowest BCUT2D eigenvalue weighted by Crippen LogP contribution is -2.36. The van der Waals surface area contributed by atoms with Gasteiger partial charge in [0.05, 0.1) is 0 Å². The smallest absolute Gasteiger partial charge is 0.236 e. The van der Waals surface area contributed by atoms with Crippen molar-refractivity contribution >= 4 is 5.82 Å². The molecular weight excluding hydrogens is 168 g/mol. The van der Waals surface area contributed by atoms with E-state index in [0.29, 0.717) is 12.4 Å². The Labute approximate surface area is 77.5 Å². The predicted molar refractivity (Wildman–Crippen MR) is 50.1 cm³/mol. The van der Waals surface area contributed by atoms with Crippen molar-refractivity contribution in [2.75, 3.05) is 11.4 Å². The van der Waals surface area contributed by atoms with Crippen LogP contribution >= 0.6 is 0 Å². The number of anilines is 1. The predicted octanol–water partition coefficient (Wildman–Crippen LogP) is 0.566. The van der Waals surface area contributed by atoms with Gasteiger partial charge < -0.3 is 15.1 Å². The van der Waals surface area contributed by atoms with Gasteiger partial charge in [0, 0.05) is 12.7 Å². The van der Waals surface area contributed by atoms with Gasteiger partial charge in [0.25, 0.3) is 0 Å². The van der Waals surface area contributed by atoms with Gasteiger partial charge in [-0.05, 0) is 18.6 Å². The highest BCUT2D eigenvalue weighted by Gasteiger charge is 2.12. The molecule has 0 fully saturated rings. The Hall–Kier alpha value is -1.13.